The lowest BCUT2D eigenvalue weighted by atomic mass is 10.3. The molecule has 0 bridgehead atoms. The average molecular weight is 318 g/mol. The number of rotatable bonds is 8. The minimum Gasteiger partial charge on any atom is -0.384 e. The molecule has 0 aliphatic rings. The van der Waals surface area contributed by atoms with Crippen LogP contribution in [-0.4, -0.2) is 36.7 Å². The van der Waals surface area contributed by atoms with Crippen molar-refractivity contribution in [1.29, 1.82) is 0 Å². The van der Waals surface area contributed by atoms with Crippen molar-refractivity contribution in [2.45, 2.75) is 31.7 Å². The summed E-state index contributed by atoms with van der Waals surface area (Å²) in [6, 6.07) is 6.41. The Morgan fingerprint density at radius 1 is 1.20 bits per heavy atom. The molecule has 114 valence electrons. The van der Waals surface area contributed by atoms with Crippen molar-refractivity contribution in [3.8, 4) is 0 Å². The highest BCUT2D eigenvalue weighted by Gasteiger charge is 2.14. The largest absolute Gasteiger partial charge is 0.384 e. The Labute approximate surface area is 123 Å². The van der Waals surface area contributed by atoms with Crippen LogP contribution in [0.4, 0.5) is 5.69 Å². The summed E-state index contributed by atoms with van der Waals surface area (Å²) in [6.45, 7) is 6.05. The third-order valence-corrected chi connectivity index (χ3v) is 5.51. The van der Waals surface area contributed by atoms with Crippen molar-refractivity contribution in [3.63, 3.8) is 0 Å². The van der Waals surface area contributed by atoms with E-state index in [9.17, 15) is 12.6 Å². The molecule has 0 aliphatic carbocycles. The van der Waals surface area contributed by atoms with E-state index in [1.807, 2.05) is 6.92 Å². The van der Waals surface area contributed by atoms with Gasteiger partial charge in [-0.1, -0.05) is 6.92 Å². The summed E-state index contributed by atoms with van der Waals surface area (Å²) in [4.78, 5) is 0.244. The lowest BCUT2D eigenvalue weighted by Gasteiger charge is -2.10. The molecule has 5 nitrogen and oxygen atoms in total. The zero-order valence-corrected chi connectivity index (χ0v) is 13.7. The molecule has 0 heterocycles. The molecule has 2 N–H and O–H groups in total. The molecule has 0 aromatic heterocycles. The molecule has 0 fully saturated rings. The van der Waals surface area contributed by atoms with E-state index in [-0.39, 0.29) is 10.9 Å². The fourth-order valence-electron chi connectivity index (χ4n) is 1.58. The molecule has 0 saturated carbocycles. The number of hydrogen-bond donors (Lipinski definition) is 2. The summed E-state index contributed by atoms with van der Waals surface area (Å²) in [6.07, 6.45) is 0. The molecule has 1 atom stereocenters. The average Bonchev–Trinajstić information content (AvgIpc) is 2.37. The van der Waals surface area contributed by atoms with Crippen molar-refractivity contribution in [3.05, 3.63) is 24.3 Å². The first-order chi connectivity index (χ1) is 9.35. The lowest BCUT2D eigenvalue weighted by Crippen LogP contribution is -2.30. The SMILES string of the molecule is CCS(=O)CCNc1ccc(S(=O)(=O)NC(C)C)cc1. The van der Waals surface area contributed by atoms with E-state index in [4.69, 9.17) is 0 Å². The summed E-state index contributed by atoms with van der Waals surface area (Å²) in [7, 11) is -4.23. The van der Waals surface area contributed by atoms with Gasteiger partial charge in [-0.15, -0.1) is 0 Å². The Morgan fingerprint density at radius 3 is 2.30 bits per heavy atom. The minimum atomic E-state index is -3.44. The van der Waals surface area contributed by atoms with E-state index >= 15 is 0 Å². The van der Waals surface area contributed by atoms with Crippen LogP contribution < -0.4 is 10.0 Å². The minimum absolute atomic E-state index is 0.137. The Balaban J connectivity index is 2.63. The van der Waals surface area contributed by atoms with E-state index in [2.05, 4.69) is 10.0 Å². The monoisotopic (exact) mass is 318 g/mol. The first-order valence-electron chi connectivity index (χ1n) is 6.56. The third kappa shape index (κ3) is 5.60. The van der Waals surface area contributed by atoms with E-state index in [1.54, 1.807) is 38.1 Å². The van der Waals surface area contributed by atoms with Crippen molar-refractivity contribution in [1.82, 2.24) is 4.72 Å². The van der Waals surface area contributed by atoms with Crippen LogP contribution in [0, 0.1) is 0 Å². The van der Waals surface area contributed by atoms with Crippen LogP contribution in [0.3, 0.4) is 0 Å². The van der Waals surface area contributed by atoms with Gasteiger partial charge in [0.25, 0.3) is 0 Å². The van der Waals surface area contributed by atoms with Gasteiger partial charge in [0.05, 0.1) is 4.90 Å². The summed E-state index contributed by atoms with van der Waals surface area (Å²) < 4.78 is 37.7. The lowest BCUT2D eigenvalue weighted by molar-refractivity contribution is 0.570. The standard InChI is InChI=1S/C13H22N2O3S2/c1-4-19(16)10-9-14-12-5-7-13(8-6-12)20(17,18)15-11(2)3/h5-8,11,14-15H,4,9-10H2,1-3H3. The molecular formula is C13H22N2O3S2. The zero-order chi connectivity index (χ0) is 15.2. The number of benzene rings is 1. The maximum Gasteiger partial charge on any atom is 0.240 e. The Hall–Kier alpha value is -0.920. The van der Waals surface area contributed by atoms with Gasteiger partial charge in [-0.05, 0) is 38.1 Å². The van der Waals surface area contributed by atoms with Gasteiger partial charge < -0.3 is 5.32 Å². The highest BCUT2D eigenvalue weighted by atomic mass is 32.2. The van der Waals surface area contributed by atoms with Crippen molar-refractivity contribution in [2.75, 3.05) is 23.4 Å². The number of hydrogen-bond acceptors (Lipinski definition) is 4. The zero-order valence-electron chi connectivity index (χ0n) is 12.0. The van der Waals surface area contributed by atoms with Crippen LogP contribution in [0.15, 0.2) is 29.2 Å². The maximum absolute atomic E-state index is 11.9. The molecule has 0 spiro atoms. The number of anilines is 1. The molecule has 0 radical (unpaired) electrons. The normalized spacial score (nSPS) is 13.4. The molecule has 1 aromatic carbocycles. The fraction of sp³-hybridized carbons (Fsp3) is 0.538. The van der Waals surface area contributed by atoms with E-state index < -0.39 is 20.8 Å². The van der Waals surface area contributed by atoms with E-state index in [1.165, 1.54) is 0 Å². The second-order valence-electron chi connectivity index (χ2n) is 4.66. The predicted octanol–water partition coefficient (Wildman–Crippen LogP) is 1.55. The summed E-state index contributed by atoms with van der Waals surface area (Å²) in [5.74, 6) is 1.24. The quantitative estimate of drug-likeness (QED) is 0.762. The molecule has 1 unspecified atom stereocenters. The third-order valence-electron chi connectivity index (χ3n) is 2.54. The van der Waals surface area contributed by atoms with Crippen molar-refractivity contribution >= 4 is 26.5 Å². The number of sulfonamides is 1. The molecule has 20 heavy (non-hydrogen) atoms. The summed E-state index contributed by atoms with van der Waals surface area (Å²) >= 11 is 0. The van der Waals surface area contributed by atoms with Crippen LogP contribution >= 0.6 is 0 Å². The summed E-state index contributed by atoms with van der Waals surface area (Å²) in [5, 5.41) is 3.12. The van der Waals surface area contributed by atoms with Gasteiger partial charge in [-0.2, -0.15) is 0 Å². The first-order valence-corrected chi connectivity index (χ1v) is 9.53. The first kappa shape index (κ1) is 17.1. The van der Waals surface area contributed by atoms with Crippen molar-refractivity contribution in [2.24, 2.45) is 0 Å². The molecule has 0 saturated heterocycles. The fourth-order valence-corrected chi connectivity index (χ4v) is 3.45. The van der Waals surface area contributed by atoms with Gasteiger partial charge in [0, 0.05) is 40.6 Å². The molecule has 1 aromatic rings. The topological polar surface area (TPSA) is 75.3 Å². The Bertz CT molecular complexity index is 539. The van der Waals surface area contributed by atoms with Gasteiger partial charge in [-0.3, -0.25) is 4.21 Å². The van der Waals surface area contributed by atoms with Gasteiger partial charge in [0.1, 0.15) is 0 Å². The molecule has 0 amide bonds. The number of nitrogens with one attached hydrogen (secondary N) is 2. The van der Waals surface area contributed by atoms with Gasteiger partial charge >= 0.3 is 0 Å². The van der Waals surface area contributed by atoms with Gasteiger partial charge in [0.2, 0.25) is 10.0 Å². The summed E-state index contributed by atoms with van der Waals surface area (Å²) in [5.41, 5.74) is 0.821. The van der Waals surface area contributed by atoms with Crippen LogP contribution in [0.2, 0.25) is 0 Å². The van der Waals surface area contributed by atoms with Crippen LogP contribution in [0.5, 0.6) is 0 Å². The second-order valence-corrected chi connectivity index (χ2v) is 8.24. The Kier molecular flexibility index (Phi) is 6.64. The van der Waals surface area contributed by atoms with Crippen molar-refractivity contribution < 1.29 is 12.6 Å². The smallest absolute Gasteiger partial charge is 0.240 e. The molecule has 7 heteroatoms. The Morgan fingerprint density at radius 2 is 1.80 bits per heavy atom. The van der Waals surface area contributed by atoms with Crippen LogP contribution in [-0.2, 0) is 20.8 Å². The van der Waals surface area contributed by atoms with Gasteiger partial charge in [0.15, 0.2) is 0 Å². The maximum atomic E-state index is 11.9. The highest BCUT2D eigenvalue weighted by molar-refractivity contribution is 7.89. The second kappa shape index (κ2) is 7.75. The highest BCUT2D eigenvalue weighted by Crippen LogP contribution is 2.14. The molecule has 0 aliphatic heterocycles. The molecular weight excluding hydrogens is 296 g/mol. The van der Waals surface area contributed by atoms with E-state index in [0.29, 0.717) is 18.1 Å². The van der Waals surface area contributed by atoms with Crippen LogP contribution in [0.1, 0.15) is 20.8 Å². The van der Waals surface area contributed by atoms with E-state index in [0.717, 1.165) is 5.69 Å². The van der Waals surface area contributed by atoms with Crippen LogP contribution in [0.25, 0.3) is 0 Å². The predicted molar refractivity (Wildman–Crippen MR) is 83.9 cm³/mol. The molecule has 1 rings (SSSR count). The van der Waals surface area contributed by atoms with Gasteiger partial charge in [-0.25, -0.2) is 13.1 Å².